The minimum absolute atomic E-state index is 0.00195. The Morgan fingerprint density at radius 3 is 2.46 bits per heavy atom. The summed E-state index contributed by atoms with van der Waals surface area (Å²) >= 11 is 0. The Labute approximate surface area is 528 Å². The second-order valence-corrected chi connectivity index (χ2v) is 24.6. The number of nitrogens with one attached hydrogen (secondary N) is 4. The van der Waals surface area contributed by atoms with Gasteiger partial charge in [0.2, 0.25) is 5.75 Å². The number of aromatic amines is 2. The normalized spacial score (nSPS) is 27.3. The van der Waals surface area contributed by atoms with E-state index in [2.05, 4.69) is 30.6 Å². The van der Waals surface area contributed by atoms with E-state index in [0.717, 1.165) is 34.5 Å². The third-order valence-electron chi connectivity index (χ3n) is 19.3. The van der Waals surface area contributed by atoms with Gasteiger partial charge in [0.1, 0.15) is 41.9 Å². The van der Waals surface area contributed by atoms with E-state index in [9.17, 15) is 66.1 Å². The molecule has 3 aliphatic carbocycles. The van der Waals surface area contributed by atoms with Crippen molar-refractivity contribution in [3.05, 3.63) is 160 Å². The number of allylic oxidation sites excluding steroid dienone is 1. The van der Waals surface area contributed by atoms with Gasteiger partial charge in [0.15, 0.2) is 29.1 Å². The number of aromatic hydroxyl groups is 4. The number of carbonyl (C=O) groups is 3. The Bertz CT molecular complexity index is 3750. The lowest BCUT2D eigenvalue weighted by atomic mass is 9.45. The van der Waals surface area contributed by atoms with E-state index in [-0.39, 0.29) is 66.7 Å². The van der Waals surface area contributed by atoms with Gasteiger partial charge in [-0.2, -0.15) is 0 Å². The maximum Gasteiger partial charge on any atom is 0.355 e. The lowest BCUT2D eigenvalue weighted by molar-refractivity contribution is -0.422. The topological polar surface area (TPSA) is 423 Å². The Hall–Kier alpha value is -8.79. The molecule has 4 heterocycles. The quantitative estimate of drug-likeness (QED) is 0.00600. The van der Waals surface area contributed by atoms with Crippen LogP contribution in [0.5, 0.6) is 28.7 Å². The SMILES string of the molecule is NC(=NCc1ccccc1)NCCCC(O)CCC1=CC2(C(=O)O)C(c3c(cc(OC4(O)OC(CO)C(O)C(O)C4O)c(O)c3O)N2C(=O)C=Cc2ccc(O)c(Cc3[nH]cnc3CC(C=O)Nc3ccc[nH]3)c2)C1C12c3c(O)cccc3CCC1CCCC2CO. The number of anilines is 2. The molecule has 11 rings (SSSR count). The molecule has 4 aromatic carbocycles. The number of aldehydes is 1. The minimum Gasteiger partial charge on any atom is -0.508 e. The Kier molecular flexibility index (Phi) is 18.9. The van der Waals surface area contributed by atoms with E-state index in [4.69, 9.17) is 15.2 Å². The van der Waals surface area contributed by atoms with Crippen LogP contribution in [0.25, 0.3) is 6.08 Å². The van der Waals surface area contributed by atoms with Crippen LogP contribution in [-0.4, -0.2) is 168 Å². The van der Waals surface area contributed by atoms with Gasteiger partial charge in [-0.1, -0.05) is 60.5 Å². The number of benzene rings is 4. The summed E-state index contributed by atoms with van der Waals surface area (Å²) in [7, 11) is 0. The van der Waals surface area contributed by atoms with Crippen molar-refractivity contribution in [1.29, 1.82) is 0 Å². The van der Waals surface area contributed by atoms with E-state index >= 15 is 9.59 Å². The summed E-state index contributed by atoms with van der Waals surface area (Å²) in [6.45, 7) is -0.745. The average molecular weight is 1270 g/mol. The summed E-state index contributed by atoms with van der Waals surface area (Å²) in [4.78, 5) is 59.0. The summed E-state index contributed by atoms with van der Waals surface area (Å²) in [6.07, 6.45) is 2.00. The molecule has 488 valence electrons. The molecule has 5 aliphatic rings. The van der Waals surface area contributed by atoms with Gasteiger partial charge in [-0.15, -0.1) is 0 Å². The maximum atomic E-state index is 15.8. The molecule has 92 heavy (non-hydrogen) atoms. The van der Waals surface area contributed by atoms with Crippen molar-refractivity contribution in [3.8, 4) is 28.7 Å². The number of carboxylic acid groups (broad SMARTS) is 1. The molecule has 1 saturated heterocycles. The first-order valence-electron chi connectivity index (χ1n) is 30.9. The third kappa shape index (κ3) is 11.9. The molecule has 2 fully saturated rings. The summed E-state index contributed by atoms with van der Waals surface area (Å²) in [6, 6.07) is 23.0. The first-order valence-corrected chi connectivity index (χ1v) is 30.9. The van der Waals surface area contributed by atoms with Crippen LogP contribution >= 0.6 is 0 Å². The number of aliphatic carboxylic acids is 1. The third-order valence-corrected chi connectivity index (χ3v) is 19.3. The van der Waals surface area contributed by atoms with Crippen molar-refractivity contribution in [3.63, 3.8) is 0 Å². The lowest BCUT2D eigenvalue weighted by Crippen LogP contribution is -2.67. The number of phenolic OH excluding ortho intramolecular Hbond substituents is 4. The standard InChI is InChI=1S/C67H78N8O17/c68-64(71-31-37-8-2-1-3-9-37)70-25-6-13-44(79)21-19-39-30-65(63(88)89)57(56(39)66-41(11-5-12-42(66)32-76)20-18-38-10-4-14-49(81)55(38)66)54-47(29-50(58(83)60(54)85)91-67(90)62(87)61(86)59(84)51(34-78)92-67)75(65)53(82)23-17-36-16-22-48(80)40(26-36)27-45-46(73-35-72-45)28-43(33-77)74-52-15-7-24-69-52/h1-4,7-10,14-17,22-24,26,29-30,33,35,41-44,51,56-57,59,61-62,69,74,76,78-81,83-87,90H,5-6,11-13,18-21,25,27-28,31-32,34H2,(H,72,73)(H,88,89)(H3,68,70,71). The van der Waals surface area contributed by atoms with Crippen molar-refractivity contribution in [2.75, 3.05) is 30.0 Å². The van der Waals surface area contributed by atoms with E-state index in [1.807, 2.05) is 36.4 Å². The number of aromatic nitrogens is 3. The fourth-order valence-electron chi connectivity index (χ4n) is 15.2. The first-order chi connectivity index (χ1) is 44.3. The predicted octanol–water partition coefficient (Wildman–Crippen LogP) is 3.71. The highest BCUT2D eigenvalue weighted by atomic mass is 16.8. The molecular formula is C67H78N8O17. The highest BCUT2D eigenvalue weighted by Gasteiger charge is 2.72. The number of amides is 1. The number of hydrogen-bond donors (Lipinski definition) is 17. The highest BCUT2D eigenvalue weighted by Crippen LogP contribution is 2.72. The van der Waals surface area contributed by atoms with E-state index < -0.39 is 114 Å². The number of aryl methyl sites for hydroxylation is 1. The van der Waals surface area contributed by atoms with Crippen LogP contribution in [0.3, 0.4) is 0 Å². The molecule has 6 aromatic rings. The molecule has 1 saturated carbocycles. The van der Waals surface area contributed by atoms with Crippen LogP contribution < -0.4 is 26.0 Å². The van der Waals surface area contributed by atoms with Gasteiger partial charge in [-0.25, -0.2) is 14.8 Å². The van der Waals surface area contributed by atoms with Crippen LogP contribution in [-0.2, 0) is 50.3 Å². The van der Waals surface area contributed by atoms with Gasteiger partial charge in [0, 0.05) is 84.0 Å². The number of carboxylic acids is 1. The number of ether oxygens (including phenoxy) is 2. The predicted molar refractivity (Wildman–Crippen MR) is 334 cm³/mol. The Morgan fingerprint density at radius 2 is 1.72 bits per heavy atom. The van der Waals surface area contributed by atoms with Crippen molar-refractivity contribution in [2.45, 2.75) is 137 Å². The van der Waals surface area contributed by atoms with Crippen molar-refractivity contribution in [2.24, 2.45) is 28.5 Å². The first kappa shape index (κ1) is 64.7. The molecule has 25 heteroatoms. The van der Waals surface area contributed by atoms with E-state index in [1.165, 1.54) is 36.7 Å². The molecule has 18 N–H and O–H groups in total. The number of nitrogens with two attached hydrogens (primary N) is 1. The number of hydrogen-bond acceptors (Lipinski definition) is 19. The summed E-state index contributed by atoms with van der Waals surface area (Å²) in [5, 5.41) is 145. The smallest absolute Gasteiger partial charge is 0.355 e. The number of H-pyrrole nitrogens is 2. The van der Waals surface area contributed by atoms with Crippen molar-refractivity contribution < 1.29 is 85.1 Å². The van der Waals surface area contributed by atoms with E-state index in [1.54, 1.807) is 30.5 Å². The largest absolute Gasteiger partial charge is 0.508 e. The lowest BCUT2D eigenvalue weighted by Gasteiger charge is -2.58. The van der Waals surface area contributed by atoms with Gasteiger partial charge < -0.3 is 102 Å². The summed E-state index contributed by atoms with van der Waals surface area (Å²) in [5.74, 6) is -12.3. The number of aliphatic hydroxyl groups excluding tert-OH is 6. The number of aliphatic imine (C=N–C) groups is 1. The van der Waals surface area contributed by atoms with Gasteiger partial charge >= 0.3 is 11.9 Å². The number of aliphatic hydroxyl groups is 7. The zero-order valence-corrected chi connectivity index (χ0v) is 50.3. The Morgan fingerprint density at radius 1 is 0.913 bits per heavy atom. The fraction of sp³-hybridized carbons (Fsp3) is 0.418. The highest BCUT2D eigenvalue weighted by molar-refractivity contribution is 6.14. The molecule has 0 spiro atoms. The van der Waals surface area contributed by atoms with Crippen LogP contribution in [0.1, 0.15) is 102 Å². The molecule has 13 atom stereocenters. The second kappa shape index (κ2) is 26.8. The summed E-state index contributed by atoms with van der Waals surface area (Å²) in [5.41, 5.74) is 5.96. The number of carbonyl (C=O) groups excluding carboxylic acids is 2. The maximum absolute atomic E-state index is 15.8. The molecule has 1 amide bonds. The Balaban J connectivity index is 1.01. The monoisotopic (exact) mass is 1270 g/mol. The van der Waals surface area contributed by atoms with Gasteiger partial charge in [-0.3, -0.25) is 9.69 Å². The number of phenols is 4. The fourth-order valence-corrected chi connectivity index (χ4v) is 15.2. The zero-order valence-electron chi connectivity index (χ0n) is 50.3. The van der Waals surface area contributed by atoms with Gasteiger partial charge in [-0.05, 0) is 122 Å². The van der Waals surface area contributed by atoms with Crippen molar-refractivity contribution in [1.82, 2.24) is 20.3 Å². The van der Waals surface area contributed by atoms with Crippen LogP contribution in [0.2, 0.25) is 0 Å². The van der Waals surface area contributed by atoms with Crippen molar-refractivity contribution >= 4 is 41.7 Å². The minimum atomic E-state index is -3.39. The molecular weight excluding hydrogens is 1190 g/mol. The molecule has 25 nitrogen and oxygen atoms in total. The number of nitrogens with zero attached hydrogens (tertiary/aromatic N) is 3. The van der Waals surface area contributed by atoms with Crippen LogP contribution in [0, 0.1) is 17.8 Å². The average Bonchev–Trinajstić information content (AvgIpc) is 1.48. The number of fused-ring (bicyclic) bond motifs is 6. The molecule has 13 unspecified atom stereocenters. The molecule has 2 aliphatic heterocycles. The molecule has 0 bridgehead atoms. The number of imidazole rings is 1. The summed E-state index contributed by atoms with van der Waals surface area (Å²) < 4.78 is 11.1. The number of guanidine groups is 1. The zero-order chi connectivity index (χ0) is 65.2. The van der Waals surface area contributed by atoms with Gasteiger partial charge in [0.25, 0.3) is 5.91 Å². The van der Waals surface area contributed by atoms with Crippen LogP contribution in [0.4, 0.5) is 11.5 Å². The van der Waals surface area contributed by atoms with Crippen LogP contribution in [0.15, 0.2) is 120 Å². The number of rotatable bonds is 24. The van der Waals surface area contributed by atoms with E-state index in [0.29, 0.717) is 91.1 Å². The molecule has 0 radical (unpaired) electrons. The van der Waals surface area contributed by atoms with Gasteiger partial charge in [0.05, 0.1) is 43.0 Å². The second-order valence-electron chi connectivity index (χ2n) is 24.6. The molecule has 2 aromatic heterocycles.